The summed E-state index contributed by atoms with van der Waals surface area (Å²) in [5, 5.41) is 18.6. The molecule has 20 heteroatoms. The molecule has 450 valence electrons. The molecule has 1 aliphatic heterocycles. The summed E-state index contributed by atoms with van der Waals surface area (Å²) in [5.41, 5.74) is -0.577. The van der Waals surface area contributed by atoms with Gasteiger partial charge in [-0.15, -0.1) is 0 Å². The van der Waals surface area contributed by atoms with Crippen molar-refractivity contribution in [2.24, 2.45) is 29.1 Å². The molecule has 1 saturated heterocycles. The normalized spacial score (nSPS) is 20.8. The van der Waals surface area contributed by atoms with Crippen LogP contribution in [0.15, 0.2) is 30.3 Å². The number of methoxy groups -OCH3 is 3. The number of aliphatic hydroxyl groups excluding tert-OH is 1. The molecule has 1 saturated carbocycles. The number of ether oxygens (including phenoxy) is 6. The highest BCUT2D eigenvalue weighted by molar-refractivity contribution is 5.94. The van der Waals surface area contributed by atoms with Gasteiger partial charge in [-0.2, -0.15) is 0 Å². The highest BCUT2D eigenvalue weighted by Gasteiger charge is 2.63. The highest BCUT2D eigenvalue weighted by Crippen LogP contribution is 2.52. The van der Waals surface area contributed by atoms with E-state index in [1.807, 2.05) is 112 Å². The van der Waals surface area contributed by atoms with Crippen LogP contribution in [0.4, 0.5) is 0 Å². The molecule has 1 aromatic carbocycles. The monoisotopic (exact) mass is 1120 g/mol. The van der Waals surface area contributed by atoms with Gasteiger partial charge in [0.25, 0.3) is 0 Å². The molecule has 79 heavy (non-hydrogen) atoms. The van der Waals surface area contributed by atoms with Crippen LogP contribution in [0.1, 0.15) is 145 Å². The van der Waals surface area contributed by atoms with E-state index in [0.29, 0.717) is 45.1 Å². The first-order valence-electron chi connectivity index (χ1n) is 28.6. The Labute approximate surface area is 471 Å². The third kappa shape index (κ3) is 20.3. The summed E-state index contributed by atoms with van der Waals surface area (Å²) in [6.45, 7) is 19.8. The first-order valence-corrected chi connectivity index (χ1v) is 28.6. The van der Waals surface area contributed by atoms with E-state index in [4.69, 9.17) is 28.4 Å². The molecule has 12 atom stereocenters. The fourth-order valence-electron chi connectivity index (χ4n) is 11.0. The van der Waals surface area contributed by atoms with Gasteiger partial charge >= 0.3 is 11.9 Å². The molecule has 1 aromatic rings. The van der Waals surface area contributed by atoms with Gasteiger partial charge in [0.1, 0.15) is 18.2 Å². The first-order chi connectivity index (χ1) is 37.2. The second kappa shape index (κ2) is 32.6. The van der Waals surface area contributed by atoms with Crippen molar-refractivity contribution in [3.8, 4) is 0 Å². The number of likely N-dealkylation sites (tertiary alicyclic amines) is 1. The number of nitrogens with zero attached hydrogens (tertiary/aromatic N) is 3. The summed E-state index contributed by atoms with van der Waals surface area (Å²) >= 11 is 0. The highest BCUT2D eigenvalue weighted by atomic mass is 16.7. The van der Waals surface area contributed by atoms with Gasteiger partial charge in [-0.3, -0.25) is 33.7 Å². The number of rotatable bonds is 35. The maximum atomic E-state index is 14.5. The van der Waals surface area contributed by atoms with Crippen LogP contribution in [0.2, 0.25) is 0 Å². The Morgan fingerprint density at radius 3 is 2.09 bits per heavy atom. The summed E-state index contributed by atoms with van der Waals surface area (Å²) in [6, 6.07) is 7.18. The number of esters is 2. The van der Waals surface area contributed by atoms with E-state index in [0.717, 1.165) is 5.56 Å². The van der Waals surface area contributed by atoms with Crippen molar-refractivity contribution < 1.29 is 67.1 Å². The van der Waals surface area contributed by atoms with Crippen LogP contribution in [0.25, 0.3) is 0 Å². The Kier molecular flexibility index (Phi) is 28.3. The van der Waals surface area contributed by atoms with Gasteiger partial charge in [-0.25, -0.2) is 4.79 Å². The Bertz CT molecular complexity index is 2080. The number of carbonyl (C=O) groups excluding carboxylic acids is 7. The van der Waals surface area contributed by atoms with Crippen molar-refractivity contribution >= 4 is 41.5 Å². The van der Waals surface area contributed by atoms with Gasteiger partial charge in [0.2, 0.25) is 29.5 Å². The molecule has 2 fully saturated rings. The van der Waals surface area contributed by atoms with Crippen LogP contribution in [0.3, 0.4) is 0 Å². The Hall–Kier alpha value is -4.73. The van der Waals surface area contributed by atoms with Crippen LogP contribution >= 0.6 is 0 Å². The third-order valence-corrected chi connectivity index (χ3v) is 15.5. The predicted molar refractivity (Wildman–Crippen MR) is 300 cm³/mol. The smallest absolute Gasteiger partial charge is 0.332 e. The zero-order valence-corrected chi connectivity index (χ0v) is 50.6. The average molecular weight is 1120 g/mol. The van der Waals surface area contributed by atoms with E-state index in [1.165, 1.54) is 21.3 Å². The van der Waals surface area contributed by atoms with Crippen LogP contribution < -0.4 is 16.0 Å². The van der Waals surface area contributed by atoms with Gasteiger partial charge in [0, 0.05) is 60.2 Å². The van der Waals surface area contributed by atoms with Gasteiger partial charge in [0.05, 0.1) is 62.0 Å². The molecule has 1 heterocycles. The van der Waals surface area contributed by atoms with Crippen molar-refractivity contribution in [1.82, 2.24) is 30.7 Å². The summed E-state index contributed by atoms with van der Waals surface area (Å²) in [5.74, 6) is -3.98. The second-order valence-corrected chi connectivity index (χ2v) is 23.8. The van der Waals surface area contributed by atoms with Crippen LogP contribution in [0, 0.1) is 29.1 Å². The zero-order valence-electron chi connectivity index (χ0n) is 50.6. The van der Waals surface area contributed by atoms with E-state index in [9.17, 15) is 38.7 Å². The van der Waals surface area contributed by atoms with Crippen LogP contribution in [-0.2, 0) is 62.0 Å². The molecule has 2 unspecified atom stereocenters. The summed E-state index contributed by atoms with van der Waals surface area (Å²) < 4.78 is 34.3. The molecular formula is C59H100N6O14. The molecular weight excluding hydrogens is 1020 g/mol. The molecule has 20 nitrogen and oxygen atoms in total. The molecule has 0 spiro atoms. The van der Waals surface area contributed by atoms with Gasteiger partial charge in [-0.1, -0.05) is 106 Å². The number of likely N-dealkylation sites (N-methyl/N-ethyl adjacent to an activating group) is 2. The Morgan fingerprint density at radius 2 is 1.53 bits per heavy atom. The first kappa shape index (κ1) is 68.5. The minimum atomic E-state index is -1.35. The maximum absolute atomic E-state index is 14.5. The van der Waals surface area contributed by atoms with Crippen molar-refractivity contribution in [3.63, 3.8) is 0 Å². The largest absolute Gasteiger partial charge is 0.464 e. The zero-order chi connectivity index (χ0) is 59.4. The van der Waals surface area contributed by atoms with Crippen molar-refractivity contribution in [2.75, 3.05) is 75.4 Å². The van der Waals surface area contributed by atoms with E-state index in [-0.39, 0.29) is 105 Å². The van der Waals surface area contributed by atoms with E-state index >= 15 is 0 Å². The van der Waals surface area contributed by atoms with Crippen molar-refractivity contribution in [1.29, 1.82) is 0 Å². The molecule has 0 bridgehead atoms. The number of aliphatic hydroxyl groups is 1. The van der Waals surface area contributed by atoms with E-state index < -0.39 is 78.1 Å². The van der Waals surface area contributed by atoms with Gasteiger partial charge in [0.15, 0.2) is 6.29 Å². The van der Waals surface area contributed by atoms with Crippen molar-refractivity contribution in [3.05, 3.63) is 35.9 Å². The van der Waals surface area contributed by atoms with Crippen molar-refractivity contribution in [2.45, 2.75) is 194 Å². The summed E-state index contributed by atoms with van der Waals surface area (Å²) in [6.07, 6.45) is 0.646. The Balaban J connectivity index is 1.63. The lowest BCUT2D eigenvalue weighted by molar-refractivity contribution is -0.198. The number of amides is 5. The van der Waals surface area contributed by atoms with Crippen LogP contribution in [0.5, 0.6) is 0 Å². The van der Waals surface area contributed by atoms with Gasteiger partial charge in [-0.05, 0) is 81.4 Å². The van der Waals surface area contributed by atoms with Crippen LogP contribution in [-0.4, -0.2) is 191 Å². The van der Waals surface area contributed by atoms with E-state index in [2.05, 4.69) is 16.0 Å². The summed E-state index contributed by atoms with van der Waals surface area (Å²) in [7, 11) is 9.87. The fourth-order valence-corrected chi connectivity index (χ4v) is 11.0. The fraction of sp³-hybridized carbons (Fsp3) is 0.780. The SMILES string of the molecule is CC[C@H](C)[C@@H]([C@@H](CC(=O)N1CCC[C@H]1[C@H](OC)[C@@H](C)C(=O)N[C@]1(C(=O)OCCCNC(=O)CCCC(=O)OCC(OC)OC(CO)CC(C)(C)C)C[C@H]1c1ccccc1)OC)N(C)C(=O)[C@@H](NC(=O)[C@H](C(C)C)N(C)C)C(C)C. The number of nitrogens with one attached hydrogen (secondary N) is 3. The average Bonchev–Trinajstić information content (AvgIpc) is 4.18. The number of benzene rings is 1. The molecule has 0 aromatic heterocycles. The molecule has 5 amide bonds. The van der Waals surface area contributed by atoms with E-state index in [1.54, 1.807) is 23.8 Å². The minimum Gasteiger partial charge on any atom is -0.464 e. The number of hydrogen-bond acceptors (Lipinski definition) is 15. The molecule has 2 aliphatic rings. The Morgan fingerprint density at radius 1 is 0.861 bits per heavy atom. The number of carbonyl (C=O) groups is 7. The second-order valence-electron chi connectivity index (χ2n) is 23.8. The molecule has 1 aliphatic carbocycles. The molecule has 3 rings (SSSR count). The maximum Gasteiger partial charge on any atom is 0.332 e. The molecule has 0 radical (unpaired) electrons. The quantitative estimate of drug-likeness (QED) is 0.0387. The predicted octanol–water partition coefficient (Wildman–Crippen LogP) is 5.23. The topological polar surface area (TPSA) is 241 Å². The summed E-state index contributed by atoms with van der Waals surface area (Å²) in [4.78, 5) is 101. The number of hydrogen-bond donors (Lipinski definition) is 4. The molecule has 4 N–H and O–H groups in total. The standard InChI is InChI=1S/C59H100N6O14/c1-17-39(6)52(64(13)56(72)50(37(2)3)61-55(71)51(38(4)5)63(11)12)45(74-14)32-47(68)65-30-22-26-44(65)53(76-16)40(7)54(70)62-59(34-43(59)41-24-19-18-20-25-41)57(73)77-31-23-29-60-46(67)27-21-28-48(69)78-36-49(75-15)79-42(35-66)33-58(8,9)10/h18-20,24-25,37-40,42-45,49-53,66H,17,21-23,26-36H2,1-16H3,(H,60,67)(H,61,71)(H,62,70)/t39-,40+,42?,43-,44-,45+,49?,50-,51-,52-,53+,59+/m0/s1. The third-order valence-electron chi connectivity index (χ3n) is 15.5. The minimum absolute atomic E-state index is 0.000824. The lowest BCUT2D eigenvalue weighted by atomic mass is 9.89. The lowest BCUT2D eigenvalue weighted by Gasteiger charge is -2.41. The van der Waals surface area contributed by atoms with Gasteiger partial charge < -0.3 is 59.3 Å². The lowest BCUT2D eigenvalue weighted by Crippen LogP contribution is -2.59.